The SMILES string of the molecule is O=C(Cl)c1cn(CCc2ccccc2)c2ccccc12. The number of rotatable bonds is 4. The van der Waals surface area contributed by atoms with E-state index in [1.165, 1.54) is 5.56 Å². The van der Waals surface area contributed by atoms with Crippen LogP contribution in [0.3, 0.4) is 0 Å². The lowest BCUT2D eigenvalue weighted by Gasteiger charge is -2.05. The maximum absolute atomic E-state index is 11.5. The number of halogens is 1. The van der Waals surface area contributed by atoms with Gasteiger partial charge < -0.3 is 4.57 Å². The summed E-state index contributed by atoms with van der Waals surface area (Å²) in [6, 6.07) is 18.2. The molecule has 0 saturated heterocycles. The molecule has 3 aromatic rings. The first-order chi connectivity index (χ1) is 9.75. The predicted octanol–water partition coefficient (Wildman–Crippen LogP) is 4.26. The highest BCUT2D eigenvalue weighted by molar-refractivity contribution is 6.68. The first-order valence-electron chi connectivity index (χ1n) is 6.57. The second-order valence-electron chi connectivity index (χ2n) is 4.76. The molecule has 0 bridgehead atoms. The van der Waals surface area contributed by atoms with E-state index in [4.69, 9.17) is 11.6 Å². The van der Waals surface area contributed by atoms with E-state index in [0.717, 1.165) is 23.9 Å². The van der Waals surface area contributed by atoms with Crippen molar-refractivity contribution in [3.05, 3.63) is 71.9 Å². The van der Waals surface area contributed by atoms with E-state index in [2.05, 4.69) is 16.7 Å². The number of fused-ring (bicyclic) bond motifs is 1. The van der Waals surface area contributed by atoms with Crippen molar-refractivity contribution in [1.82, 2.24) is 4.57 Å². The van der Waals surface area contributed by atoms with Gasteiger partial charge in [-0.2, -0.15) is 0 Å². The normalized spacial score (nSPS) is 10.8. The molecular weight excluding hydrogens is 270 g/mol. The highest BCUT2D eigenvalue weighted by Crippen LogP contribution is 2.23. The first kappa shape index (κ1) is 12.9. The Morgan fingerprint density at radius 2 is 1.70 bits per heavy atom. The second-order valence-corrected chi connectivity index (χ2v) is 5.11. The van der Waals surface area contributed by atoms with Crippen LogP contribution in [0.5, 0.6) is 0 Å². The topological polar surface area (TPSA) is 22.0 Å². The fraction of sp³-hybridized carbons (Fsp3) is 0.118. The molecule has 0 radical (unpaired) electrons. The number of aryl methyl sites for hydroxylation is 2. The number of hydrogen-bond acceptors (Lipinski definition) is 1. The van der Waals surface area contributed by atoms with Crippen LogP contribution in [0.25, 0.3) is 10.9 Å². The molecule has 0 aliphatic heterocycles. The number of para-hydroxylation sites is 1. The number of hydrogen-bond donors (Lipinski definition) is 0. The molecule has 100 valence electrons. The number of carbonyl (C=O) groups is 1. The standard InChI is InChI=1S/C17H14ClNO/c18-17(20)15-12-19(16-9-5-4-8-14(15)16)11-10-13-6-2-1-3-7-13/h1-9,12H,10-11H2. The summed E-state index contributed by atoms with van der Waals surface area (Å²) in [5.41, 5.74) is 2.91. The Hall–Kier alpha value is -2.06. The predicted molar refractivity (Wildman–Crippen MR) is 82.3 cm³/mol. The zero-order valence-corrected chi connectivity index (χ0v) is 11.7. The zero-order valence-electron chi connectivity index (χ0n) is 10.9. The highest BCUT2D eigenvalue weighted by atomic mass is 35.5. The molecule has 0 aliphatic rings. The van der Waals surface area contributed by atoms with Gasteiger partial charge in [0.15, 0.2) is 0 Å². The maximum Gasteiger partial charge on any atom is 0.254 e. The average Bonchev–Trinajstić information content (AvgIpc) is 2.85. The second kappa shape index (κ2) is 5.51. The van der Waals surface area contributed by atoms with Crippen LogP contribution in [0.1, 0.15) is 15.9 Å². The molecule has 1 aromatic heterocycles. The molecule has 0 unspecified atom stereocenters. The number of carbonyl (C=O) groups excluding carboxylic acids is 1. The Kier molecular flexibility index (Phi) is 3.57. The third kappa shape index (κ3) is 2.47. The molecule has 0 fully saturated rings. The van der Waals surface area contributed by atoms with Crippen molar-refractivity contribution in [2.75, 3.05) is 0 Å². The fourth-order valence-electron chi connectivity index (χ4n) is 2.48. The van der Waals surface area contributed by atoms with E-state index in [1.807, 2.05) is 48.7 Å². The average molecular weight is 284 g/mol. The molecule has 0 aliphatic carbocycles. The summed E-state index contributed by atoms with van der Waals surface area (Å²) in [6.07, 6.45) is 2.78. The monoisotopic (exact) mass is 283 g/mol. The van der Waals surface area contributed by atoms with Crippen LogP contribution < -0.4 is 0 Å². The summed E-state index contributed by atoms with van der Waals surface area (Å²) in [4.78, 5) is 11.5. The maximum atomic E-state index is 11.5. The van der Waals surface area contributed by atoms with Gasteiger partial charge in [0.1, 0.15) is 0 Å². The van der Waals surface area contributed by atoms with Crippen molar-refractivity contribution >= 4 is 27.7 Å². The van der Waals surface area contributed by atoms with Crippen LogP contribution in [0.15, 0.2) is 60.8 Å². The van der Waals surface area contributed by atoms with Gasteiger partial charge in [-0.3, -0.25) is 4.79 Å². The Balaban J connectivity index is 1.94. The summed E-state index contributed by atoms with van der Waals surface area (Å²) in [6.45, 7) is 0.828. The van der Waals surface area contributed by atoms with Crippen molar-refractivity contribution in [2.24, 2.45) is 0 Å². The summed E-state index contributed by atoms with van der Waals surface area (Å²) >= 11 is 5.66. The largest absolute Gasteiger partial charge is 0.346 e. The first-order valence-corrected chi connectivity index (χ1v) is 6.95. The van der Waals surface area contributed by atoms with Crippen LogP contribution in [-0.2, 0) is 13.0 Å². The Morgan fingerprint density at radius 3 is 2.45 bits per heavy atom. The minimum atomic E-state index is -0.403. The van der Waals surface area contributed by atoms with Gasteiger partial charge in [0.05, 0.1) is 5.56 Å². The van der Waals surface area contributed by atoms with Crippen LogP contribution in [0, 0.1) is 0 Å². The summed E-state index contributed by atoms with van der Waals surface area (Å²) < 4.78 is 2.10. The van der Waals surface area contributed by atoms with E-state index in [-0.39, 0.29) is 0 Å². The van der Waals surface area contributed by atoms with Gasteiger partial charge in [-0.15, -0.1) is 0 Å². The van der Waals surface area contributed by atoms with E-state index in [9.17, 15) is 4.79 Å². The van der Waals surface area contributed by atoms with Gasteiger partial charge in [0.2, 0.25) is 0 Å². The molecule has 3 heteroatoms. The fourth-order valence-corrected chi connectivity index (χ4v) is 2.63. The summed E-state index contributed by atoms with van der Waals surface area (Å²) in [5, 5.41) is 0.514. The van der Waals surface area contributed by atoms with Gasteiger partial charge >= 0.3 is 0 Å². The smallest absolute Gasteiger partial charge is 0.254 e. The van der Waals surface area contributed by atoms with Crippen LogP contribution in [0.2, 0.25) is 0 Å². The van der Waals surface area contributed by atoms with Gasteiger partial charge in [-0.25, -0.2) is 0 Å². The molecule has 2 nitrogen and oxygen atoms in total. The zero-order chi connectivity index (χ0) is 13.9. The van der Waals surface area contributed by atoms with Gasteiger partial charge in [0.25, 0.3) is 5.24 Å². The van der Waals surface area contributed by atoms with Crippen molar-refractivity contribution < 1.29 is 4.79 Å². The molecule has 0 spiro atoms. The van der Waals surface area contributed by atoms with E-state index in [0.29, 0.717) is 5.56 Å². The Labute approximate surface area is 122 Å². The third-order valence-corrected chi connectivity index (χ3v) is 3.69. The van der Waals surface area contributed by atoms with Crippen molar-refractivity contribution in [3.8, 4) is 0 Å². The van der Waals surface area contributed by atoms with Crippen LogP contribution in [-0.4, -0.2) is 9.81 Å². The lowest BCUT2D eigenvalue weighted by Crippen LogP contribution is -1.99. The van der Waals surface area contributed by atoms with E-state index >= 15 is 0 Å². The molecule has 1 heterocycles. The summed E-state index contributed by atoms with van der Waals surface area (Å²) in [7, 11) is 0. The minimum absolute atomic E-state index is 0.403. The van der Waals surface area contributed by atoms with Gasteiger partial charge in [0, 0.05) is 23.6 Å². The lowest BCUT2D eigenvalue weighted by atomic mass is 10.1. The van der Waals surface area contributed by atoms with Gasteiger partial charge in [-0.05, 0) is 29.7 Å². The Morgan fingerprint density at radius 1 is 1.00 bits per heavy atom. The molecule has 0 N–H and O–H groups in total. The number of aromatic nitrogens is 1. The molecular formula is C17H14ClNO. The van der Waals surface area contributed by atoms with Crippen molar-refractivity contribution in [1.29, 1.82) is 0 Å². The molecule has 0 amide bonds. The quantitative estimate of drug-likeness (QED) is 0.656. The molecule has 0 atom stereocenters. The van der Waals surface area contributed by atoms with Crippen LogP contribution in [0.4, 0.5) is 0 Å². The molecule has 0 saturated carbocycles. The number of benzene rings is 2. The summed E-state index contributed by atoms with van der Waals surface area (Å²) in [5.74, 6) is 0. The van der Waals surface area contributed by atoms with E-state index in [1.54, 1.807) is 0 Å². The minimum Gasteiger partial charge on any atom is -0.346 e. The molecule has 2 aromatic carbocycles. The Bertz CT molecular complexity index is 746. The lowest BCUT2D eigenvalue weighted by molar-refractivity contribution is 0.108. The van der Waals surface area contributed by atoms with E-state index < -0.39 is 5.24 Å². The molecule has 20 heavy (non-hydrogen) atoms. The third-order valence-electron chi connectivity index (χ3n) is 3.48. The van der Waals surface area contributed by atoms with Crippen molar-refractivity contribution in [2.45, 2.75) is 13.0 Å². The van der Waals surface area contributed by atoms with Crippen molar-refractivity contribution in [3.63, 3.8) is 0 Å². The number of nitrogens with zero attached hydrogens (tertiary/aromatic N) is 1. The van der Waals surface area contributed by atoms with Crippen LogP contribution >= 0.6 is 11.6 Å². The van der Waals surface area contributed by atoms with Gasteiger partial charge in [-0.1, -0.05) is 48.5 Å². The highest BCUT2D eigenvalue weighted by Gasteiger charge is 2.12. The molecule has 3 rings (SSSR count).